The van der Waals surface area contributed by atoms with Crippen LogP contribution in [-0.2, 0) is 11.2 Å². The largest absolute Gasteiger partial charge is 0.356 e. The van der Waals surface area contributed by atoms with Crippen molar-refractivity contribution in [3.8, 4) is 0 Å². The van der Waals surface area contributed by atoms with Crippen LogP contribution in [0.1, 0.15) is 31.2 Å². The van der Waals surface area contributed by atoms with Gasteiger partial charge in [-0.3, -0.25) is 4.79 Å². The molecule has 1 aromatic rings. The second kappa shape index (κ2) is 6.55. The smallest absolute Gasteiger partial charge is 0.223 e. The summed E-state index contributed by atoms with van der Waals surface area (Å²) >= 11 is 0. The molecule has 0 heterocycles. The number of nitrogens with one attached hydrogen (secondary N) is 1. The fourth-order valence-corrected chi connectivity index (χ4v) is 2.50. The maximum Gasteiger partial charge on any atom is 0.223 e. The Hall–Kier alpha value is -1.35. The molecule has 0 atom stereocenters. The van der Waals surface area contributed by atoms with E-state index in [1.54, 1.807) is 0 Å². The van der Waals surface area contributed by atoms with Crippen LogP contribution in [0.5, 0.6) is 0 Å². The van der Waals surface area contributed by atoms with Crippen molar-refractivity contribution in [3.05, 3.63) is 35.9 Å². The molecule has 2 rings (SSSR count). The van der Waals surface area contributed by atoms with Crippen LogP contribution >= 0.6 is 0 Å². The van der Waals surface area contributed by atoms with E-state index in [1.807, 2.05) is 18.2 Å². The molecule has 3 N–H and O–H groups in total. The van der Waals surface area contributed by atoms with Crippen molar-refractivity contribution in [1.82, 2.24) is 5.32 Å². The Morgan fingerprint density at radius 3 is 2.50 bits per heavy atom. The summed E-state index contributed by atoms with van der Waals surface area (Å²) in [5.41, 5.74) is 7.11. The molecule has 1 aliphatic rings. The Bertz CT molecular complexity index is 369. The van der Waals surface area contributed by atoms with Gasteiger partial charge in [0.25, 0.3) is 0 Å². The van der Waals surface area contributed by atoms with Crippen LogP contribution in [0.3, 0.4) is 0 Å². The predicted octanol–water partition coefficient (Wildman–Crippen LogP) is 1.86. The number of benzene rings is 1. The highest BCUT2D eigenvalue weighted by atomic mass is 16.1. The average molecular weight is 246 g/mol. The van der Waals surface area contributed by atoms with Gasteiger partial charge in [-0.15, -0.1) is 0 Å². The summed E-state index contributed by atoms with van der Waals surface area (Å²) in [6.45, 7) is 0.728. The zero-order valence-electron chi connectivity index (χ0n) is 10.8. The SMILES string of the molecule is NC1CCC(C(=O)NCCc2ccccc2)CC1. The Morgan fingerprint density at radius 2 is 1.83 bits per heavy atom. The molecule has 0 spiro atoms. The molecule has 1 saturated carbocycles. The van der Waals surface area contributed by atoms with Crippen molar-refractivity contribution in [2.24, 2.45) is 11.7 Å². The van der Waals surface area contributed by atoms with Gasteiger partial charge in [0.05, 0.1) is 0 Å². The Morgan fingerprint density at radius 1 is 1.17 bits per heavy atom. The number of amides is 1. The number of carbonyl (C=O) groups excluding carboxylic acids is 1. The standard InChI is InChI=1S/C15H22N2O/c16-14-8-6-13(7-9-14)15(18)17-11-10-12-4-2-1-3-5-12/h1-5,13-14H,6-11,16H2,(H,17,18). The number of carbonyl (C=O) groups is 1. The molecular formula is C15H22N2O. The number of hydrogen-bond donors (Lipinski definition) is 2. The topological polar surface area (TPSA) is 55.1 Å². The first kappa shape index (κ1) is 13.1. The van der Waals surface area contributed by atoms with Crippen molar-refractivity contribution in [3.63, 3.8) is 0 Å². The summed E-state index contributed by atoms with van der Waals surface area (Å²) in [7, 11) is 0. The first-order valence-electron chi connectivity index (χ1n) is 6.83. The van der Waals surface area contributed by atoms with Gasteiger partial charge in [-0.25, -0.2) is 0 Å². The summed E-state index contributed by atoms with van der Waals surface area (Å²) in [6.07, 6.45) is 4.75. The fraction of sp³-hybridized carbons (Fsp3) is 0.533. The molecule has 3 nitrogen and oxygen atoms in total. The Labute approximate surface area is 109 Å². The van der Waals surface area contributed by atoms with E-state index in [0.29, 0.717) is 6.04 Å². The molecule has 3 heteroatoms. The Kier molecular flexibility index (Phi) is 4.76. The minimum absolute atomic E-state index is 0.181. The van der Waals surface area contributed by atoms with E-state index in [9.17, 15) is 4.79 Å². The minimum atomic E-state index is 0.181. The van der Waals surface area contributed by atoms with Crippen molar-refractivity contribution < 1.29 is 4.79 Å². The van der Waals surface area contributed by atoms with E-state index in [0.717, 1.165) is 38.6 Å². The zero-order valence-corrected chi connectivity index (χ0v) is 10.8. The third kappa shape index (κ3) is 3.84. The number of nitrogens with two attached hydrogens (primary N) is 1. The van der Waals surface area contributed by atoms with E-state index >= 15 is 0 Å². The summed E-state index contributed by atoms with van der Waals surface area (Å²) in [5.74, 6) is 0.387. The van der Waals surface area contributed by atoms with Crippen LogP contribution in [0, 0.1) is 5.92 Å². The maximum absolute atomic E-state index is 11.9. The monoisotopic (exact) mass is 246 g/mol. The van der Waals surface area contributed by atoms with Crippen LogP contribution in [0.25, 0.3) is 0 Å². The summed E-state index contributed by atoms with van der Waals surface area (Å²) in [6, 6.07) is 10.5. The van der Waals surface area contributed by atoms with Crippen LogP contribution in [-0.4, -0.2) is 18.5 Å². The van der Waals surface area contributed by atoms with Gasteiger partial charge in [0.15, 0.2) is 0 Å². The van der Waals surface area contributed by atoms with Crippen molar-refractivity contribution in [1.29, 1.82) is 0 Å². The third-order valence-corrected chi connectivity index (χ3v) is 3.70. The lowest BCUT2D eigenvalue weighted by molar-refractivity contribution is -0.125. The second-order valence-electron chi connectivity index (χ2n) is 5.14. The van der Waals surface area contributed by atoms with E-state index in [4.69, 9.17) is 5.73 Å². The van der Waals surface area contributed by atoms with Crippen LogP contribution in [0.2, 0.25) is 0 Å². The summed E-state index contributed by atoms with van der Waals surface area (Å²) < 4.78 is 0. The van der Waals surface area contributed by atoms with Gasteiger partial charge in [0.1, 0.15) is 0 Å². The average Bonchev–Trinajstić information content (AvgIpc) is 2.40. The normalized spacial score (nSPS) is 23.6. The maximum atomic E-state index is 11.9. The van der Waals surface area contributed by atoms with Gasteiger partial charge in [-0.1, -0.05) is 30.3 Å². The predicted molar refractivity (Wildman–Crippen MR) is 73.1 cm³/mol. The Balaban J connectivity index is 1.69. The van der Waals surface area contributed by atoms with E-state index in [2.05, 4.69) is 17.4 Å². The lowest BCUT2D eigenvalue weighted by Gasteiger charge is -2.25. The van der Waals surface area contributed by atoms with Crippen LogP contribution < -0.4 is 11.1 Å². The first-order chi connectivity index (χ1) is 8.75. The third-order valence-electron chi connectivity index (χ3n) is 3.70. The van der Waals surface area contributed by atoms with Gasteiger partial charge < -0.3 is 11.1 Å². The summed E-state index contributed by atoms with van der Waals surface area (Å²) in [4.78, 5) is 11.9. The molecule has 0 bridgehead atoms. The highest BCUT2D eigenvalue weighted by Crippen LogP contribution is 2.23. The van der Waals surface area contributed by atoms with Gasteiger partial charge in [-0.2, -0.15) is 0 Å². The molecule has 1 amide bonds. The molecule has 0 saturated heterocycles. The molecule has 0 aromatic heterocycles. The van der Waals surface area contributed by atoms with Crippen molar-refractivity contribution in [2.75, 3.05) is 6.54 Å². The van der Waals surface area contributed by atoms with Gasteiger partial charge in [-0.05, 0) is 37.7 Å². The van der Waals surface area contributed by atoms with Crippen LogP contribution in [0.15, 0.2) is 30.3 Å². The van der Waals surface area contributed by atoms with Crippen LogP contribution in [0.4, 0.5) is 0 Å². The molecule has 0 aliphatic heterocycles. The zero-order chi connectivity index (χ0) is 12.8. The van der Waals surface area contributed by atoms with Gasteiger partial charge in [0.2, 0.25) is 5.91 Å². The molecule has 1 aromatic carbocycles. The van der Waals surface area contributed by atoms with Crippen molar-refractivity contribution in [2.45, 2.75) is 38.1 Å². The number of rotatable bonds is 4. The fourth-order valence-electron chi connectivity index (χ4n) is 2.50. The first-order valence-corrected chi connectivity index (χ1v) is 6.83. The lowest BCUT2D eigenvalue weighted by Crippen LogP contribution is -2.37. The molecule has 0 radical (unpaired) electrons. The van der Waals surface area contributed by atoms with Crippen molar-refractivity contribution >= 4 is 5.91 Å². The quantitative estimate of drug-likeness (QED) is 0.852. The van der Waals surface area contributed by atoms with Gasteiger partial charge in [0, 0.05) is 18.5 Å². The lowest BCUT2D eigenvalue weighted by atomic mass is 9.86. The molecule has 1 aliphatic carbocycles. The summed E-state index contributed by atoms with van der Waals surface area (Å²) in [5, 5.41) is 3.04. The molecule has 98 valence electrons. The van der Waals surface area contributed by atoms with Gasteiger partial charge >= 0.3 is 0 Å². The second-order valence-corrected chi connectivity index (χ2v) is 5.14. The molecule has 0 unspecified atom stereocenters. The molecular weight excluding hydrogens is 224 g/mol. The van der Waals surface area contributed by atoms with E-state index in [-0.39, 0.29) is 11.8 Å². The molecule has 18 heavy (non-hydrogen) atoms. The minimum Gasteiger partial charge on any atom is -0.356 e. The highest BCUT2D eigenvalue weighted by Gasteiger charge is 2.23. The van der Waals surface area contributed by atoms with E-state index in [1.165, 1.54) is 5.56 Å². The number of hydrogen-bond acceptors (Lipinski definition) is 2. The highest BCUT2D eigenvalue weighted by molar-refractivity contribution is 5.78. The molecule has 1 fully saturated rings. The van der Waals surface area contributed by atoms with E-state index < -0.39 is 0 Å².